The first-order valence-corrected chi connectivity index (χ1v) is 7.50. The highest BCUT2D eigenvalue weighted by atomic mass is 19.2. The third kappa shape index (κ3) is 3.40. The second-order valence-corrected chi connectivity index (χ2v) is 5.41. The van der Waals surface area contributed by atoms with Crippen molar-refractivity contribution < 1.29 is 22.8 Å². The highest BCUT2D eigenvalue weighted by Crippen LogP contribution is 2.20. The van der Waals surface area contributed by atoms with Crippen LogP contribution in [0.15, 0.2) is 48.7 Å². The summed E-state index contributed by atoms with van der Waals surface area (Å²) in [5.74, 6) is -5.45. The summed E-state index contributed by atoms with van der Waals surface area (Å²) in [7, 11) is 0. The number of fused-ring (bicyclic) bond motifs is 1. The standard InChI is InChI=1S/C18H13F3N2O2/c19-12-5-6-13(18(21)17(12)20)22-15(24)7-8-16(25)23-10-9-11-3-1-2-4-14(11)23/h1-6,9-10H,7-8H2,(H,22,24). The molecule has 0 saturated carbocycles. The molecular weight excluding hydrogens is 333 g/mol. The number of carbonyl (C=O) groups excluding carboxylic acids is 2. The predicted molar refractivity (Wildman–Crippen MR) is 86.7 cm³/mol. The summed E-state index contributed by atoms with van der Waals surface area (Å²) < 4.78 is 40.9. The Bertz CT molecular complexity index is 966. The van der Waals surface area contributed by atoms with Gasteiger partial charge in [0.2, 0.25) is 11.8 Å². The first-order valence-electron chi connectivity index (χ1n) is 7.50. The molecule has 0 bridgehead atoms. The van der Waals surface area contributed by atoms with Gasteiger partial charge in [-0.05, 0) is 24.3 Å². The summed E-state index contributed by atoms with van der Waals surface area (Å²) >= 11 is 0. The van der Waals surface area contributed by atoms with Crippen LogP contribution in [-0.4, -0.2) is 16.4 Å². The quantitative estimate of drug-likeness (QED) is 0.723. The summed E-state index contributed by atoms with van der Waals surface area (Å²) in [5.41, 5.74) is 0.252. The summed E-state index contributed by atoms with van der Waals surface area (Å²) in [6, 6.07) is 10.7. The van der Waals surface area contributed by atoms with Crippen LogP contribution in [-0.2, 0) is 4.79 Å². The maximum Gasteiger partial charge on any atom is 0.231 e. The molecule has 1 aromatic heterocycles. The molecule has 0 saturated heterocycles. The summed E-state index contributed by atoms with van der Waals surface area (Å²) in [5, 5.41) is 3.03. The SMILES string of the molecule is O=C(CCC(=O)n1ccc2ccccc21)Nc1ccc(F)c(F)c1F. The van der Waals surface area contributed by atoms with E-state index in [4.69, 9.17) is 0 Å². The molecule has 4 nitrogen and oxygen atoms in total. The van der Waals surface area contributed by atoms with Crippen LogP contribution in [0.5, 0.6) is 0 Å². The second-order valence-electron chi connectivity index (χ2n) is 5.41. The zero-order valence-corrected chi connectivity index (χ0v) is 12.9. The molecule has 0 atom stereocenters. The lowest BCUT2D eigenvalue weighted by atomic mass is 10.2. The van der Waals surface area contributed by atoms with Crippen molar-refractivity contribution in [3.63, 3.8) is 0 Å². The molecule has 0 aliphatic rings. The van der Waals surface area contributed by atoms with Gasteiger partial charge in [0.1, 0.15) is 0 Å². The topological polar surface area (TPSA) is 51.1 Å². The summed E-state index contributed by atoms with van der Waals surface area (Å²) in [4.78, 5) is 24.1. The molecule has 0 radical (unpaired) electrons. The third-order valence-corrected chi connectivity index (χ3v) is 3.74. The normalized spacial score (nSPS) is 10.8. The van der Waals surface area contributed by atoms with Crippen molar-refractivity contribution in [2.24, 2.45) is 0 Å². The van der Waals surface area contributed by atoms with E-state index in [0.29, 0.717) is 6.07 Å². The lowest BCUT2D eigenvalue weighted by Gasteiger charge is -2.08. The van der Waals surface area contributed by atoms with Crippen molar-refractivity contribution >= 4 is 28.4 Å². The lowest BCUT2D eigenvalue weighted by molar-refractivity contribution is -0.116. The van der Waals surface area contributed by atoms with Crippen LogP contribution in [0.1, 0.15) is 17.6 Å². The van der Waals surface area contributed by atoms with Crippen LogP contribution >= 0.6 is 0 Å². The largest absolute Gasteiger partial charge is 0.323 e. The highest BCUT2D eigenvalue weighted by molar-refractivity contribution is 5.96. The van der Waals surface area contributed by atoms with E-state index in [1.54, 1.807) is 24.4 Å². The fourth-order valence-corrected chi connectivity index (χ4v) is 2.48. The zero-order chi connectivity index (χ0) is 18.0. The van der Waals surface area contributed by atoms with Gasteiger partial charge in [-0.25, -0.2) is 13.2 Å². The third-order valence-electron chi connectivity index (χ3n) is 3.74. The molecule has 1 amide bonds. The van der Waals surface area contributed by atoms with E-state index >= 15 is 0 Å². The first-order chi connectivity index (χ1) is 12.0. The molecule has 7 heteroatoms. The summed E-state index contributed by atoms with van der Waals surface area (Å²) in [6.07, 6.45) is 1.28. The van der Waals surface area contributed by atoms with E-state index in [1.165, 1.54) is 4.57 Å². The van der Waals surface area contributed by atoms with Gasteiger partial charge < -0.3 is 5.32 Å². The van der Waals surface area contributed by atoms with Gasteiger partial charge >= 0.3 is 0 Å². The lowest BCUT2D eigenvalue weighted by Crippen LogP contribution is -2.17. The van der Waals surface area contributed by atoms with E-state index < -0.39 is 29.0 Å². The van der Waals surface area contributed by atoms with Crippen LogP contribution in [0.4, 0.5) is 18.9 Å². The van der Waals surface area contributed by atoms with E-state index in [1.807, 2.05) is 12.1 Å². The summed E-state index contributed by atoms with van der Waals surface area (Å²) in [6.45, 7) is 0. The molecule has 0 fully saturated rings. The Hall–Kier alpha value is -3.09. The van der Waals surface area contributed by atoms with Crippen LogP contribution in [0.25, 0.3) is 10.9 Å². The Morgan fingerprint density at radius 3 is 2.48 bits per heavy atom. The van der Waals surface area contributed by atoms with Gasteiger partial charge in [0.25, 0.3) is 0 Å². The number of para-hydroxylation sites is 1. The molecule has 2 aromatic carbocycles. The Morgan fingerprint density at radius 2 is 1.68 bits per heavy atom. The molecule has 0 aliphatic carbocycles. The number of aromatic nitrogens is 1. The van der Waals surface area contributed by atoms with E-state index in [9.17, 15) is 22.8 Å². The van der Waals surface area contributed by atoms with E-state index in [-0.39, 0.29) is 18.7 Å². The second kappa shape index (κ2) is 6.80. The van der Waals surface area contributed by atoms with Gasteiger partial charge in [-0.3, -0.25) is 14.2 Å². The molecule has 0 spiro atoms. The zero-order valence-electron chi connectivity index (χ0n) is 12.9. The van der Waals surface area contributed by atoms with Crippen molar-refractivity contribution in [2.75, 3.05) is 5.32 Å². The average Bonchev–Trinajstić information content (AvgIpc) is 3.04. The van der Waals surface area contributed by atoms with Gasteiger partial charge in [0, 0.05) is 24.4 Å². The Kier molecular flexibility index (Phi) is 4.56. The highest BCUT2D eigenvalue weighted by Gasteiger charge is 2.16. The number of nitrogens with zero attached hydrogens (tertiary/aromatic N) is 1. The predicted octanol–water partition coefficient (Wildman–Crippen LogP) is 4.12. The molecule has 1 N–H and O–H groups in total. The number of benzene rings is 2. The number of amides is 1. The molecule has 3 rings (SSSR count). The average molecular weight is 346 g/mol. The van der Waals surface area contributed by atoms with Crippen LogP contribution < -0.4 is 5.32 Å². The molecule has 3 aromatic rings. The molecule has 25 heavy (non-hydrogen) atoms. The number of hydrogen-bond acceptors (Lipinski definition) is 2. The molecule has 1 heterocycles. The van der Waals surface area contributed by atoms with Crippen molar-refractivity contribution in [3.05, 3.63) is 66.1 Å². The minimum atomic E-state index is -1.66. The van der Waals surface area contributed by atoms with Gasteiger partial charge in [-0.2, -0.15) is 0 Å². The van der Waals surface area contributed by atoms with Crippen molar-refractivity contribution in [2.45, 2.75) is 12.8 Å². The smallest absolute Gasteiger partial charge is 0.231 e. The molecule has 128 valence electrons. The van der Waals surface area contributed by atoms with Crippen LogP contribution in [0.3, 0.4) is 0 Å². The van der Waals surface area contributed by atoms with Crippen LogP contribution in [0, 0.1) is 17.5 Å². The van der Waals surface area contributed by atoms with Gasteiger partial charge in [0.15, 0.2) is 17.5 Å². The maximum absolute atomic E-state index is 13.5. The number of halogens is 3. The van der Waals surface area contributed by atoms with Crippen molar-refractivity contribution in [1.29, 1.82) is 0 Å². The van der Waals surface area contributed by atoms with Gasteiger partial charge in [0.05, 0.1) is 11.2 Å². The Morgan fingerprint density at radius 1 is 0.920 bits per heavy atom. The fourth-order valence-electron chi connectivity index (χ4n) is 2.48. The molecule has 0 aliphatic heterocycles. The molecule has 0 unspecified atom stereocenters. The van der Waals surface area contributed by atoms with Gasteiger partial charge in [-0.1, -0.05) is 18.2 Å². The minimum Gasteiger partial charge on any atom is -0.323 e. The van der Waals surface area contributed by atoms with E-state index in [2.05, 4.69) is 5.32 Å². The van der Waals surface area contributed by atoms with Crippen molar-refractivity contribution in [1.82, 2.24) is 4.57 Å². The number of hydrogen-bond donors (Lipinski definition) is 1. The fraction of sp³-hybridized carbons (Fsp3) is 0.111. The Labute approximate surface area is 140 Å². The Balaban J connectivity index is 1.64. The van der Waals surface area contributed by atoms with Crippen LogP contribution in [0.2, 0.25) is 0 Å². The number of carbonyl (C=O) groups is 2. The van der Waals surface area contributed by atoms with Gasteiger partial charge in [-0.15, -0.1) is 0 Å². The first kappa shape index (κ1) is 16.8. The number of anilines is 1. The maximum atomic E-state index is 13.5. The monoisotopic (exact) mass is 346 g/mol. The number of rotatable bonds is 4. The van der Waals surface area contributed by atoms with Crippen molar-refractivity contribution in [3.8, 4) is 0 Å². The van der Waals surface area contributed by atoms with E-state index in [0.717, 1.165) is 17.0 Å². The number of nitrogens with one attached hydrogen (secondary N) is 1. The minimum absolute atomic E-state index is 0.115. The molecular formula is C18H13F3N2O2.